The van der Waals surface area contributed by atoms with Crippen molar-refractivity contribution < 1.29 is 14.3 Å². The highest BCUT2D eigenvalue weighted by Crippen LogP contribution is 2.52. The number of hydrogen-bond donors (Lipinski definition) is 0. The van der Waals surface area contributed by atoms with Crippen LogP contribution in [-0.4, -0.2) is 56.9 Å². The maximum absolute atomic E-state index is 13.4. The number of aromatic nitrogens is 2. The standard InChI is InChI=1S/C24H26N4O3/c1-3-16-6-7-18(26-12-16)14-27(2)22(29)20-19-8-9-24(31-19)15-28(23(30)21(20)24)13-17-5-4-10-25-11-17/h4-12,19-21H,3,13-15H2,1-2H3/t19-,20+,21-,24-/m0/s1. The van der Waals surface area contributed by atoms with Crippen LogP contribution in [0, 0.1) is 11.8 Å². The van der Waals surface area contributed by atoms with Gasteiger partial charge in [-0.15, -0.1) is 0 Å². The van der Waals surface area contributed by atoms with Crippen LogP contribution in [-0.2, 0) is 33.8 Å². The zero-order chi connectivity index (χ0) is 21.6. The Morgan fingerprint density at radius 3 is 2.87 bits per heavy atom. The molecule has 2 amide bonds. The lowest BCUT2D eigenvalue weighted by Crippen LogP contribution is -2.44. The molecular formula is C24H26N4O3. The zero-order valence-electron chi connectivity index (χ0n) is 17.8. The van der Waals surface area contributed by atoms with E-state index in [1.807, 2.05) is 42.6 Å². The van der Waals surface area contributed by atoms with Crippen LogP contribution in [0.5, 0.6) is 0 Å². The zero-order valence-corrected chi connectivity index (χ0v) is 17.8. The molecule has 7 nitrogen and oxygen atoms in total. The molecule has 0 N–H and O–H groups in total. The Balaban J connectivity index is 1.33. The van der Waals surface area contributed by atoms with E-state index in [2.05, 4.69) is 16.9 Å². The van der Waals surface area contributed by atoms with Gasteiger partial charge in [0, 0.05) is 32.2 Å². The molecule has 3 aliphatic heterocycles. The maximum Gasteiger partial charge on any atom is 0.230 e. The molecule has 1 spiro atoms. The van der Waals surface area contributed by atoms with Gasteiger partial charge in [-0.2, -0.15) is 0 Å². The Labute approximate surface area is 181 Å². The van der Waals surface area contributed by atoms with Crippen LogP contribution in [0.25, 0.3) is 0 Å². The summed E-state index contributed by atoms with van der Waals surface area (Å²) >= 11 is 0. The minimum atomic E-state index is -0.702. The number of rotatable bonds is 6. The average Bonchev–Trinajstić information content (AvgIpc) is 3.43. The fraction of sp³-hybridized carbons (Fsp3) is 0.417. The number of hydrogen-bond acceptors (Lipinski definition) is 5. The highest BCUT2D eigenvalue weighted by atomic mass is 16.5. The summed E-state index contributed by atoms with van der Waals surface area (Å²) < 4.78 is 6.23. The molecule has 0 aromatic carbocycles. The van der Waals surface area contributed by atoms with Gasteiger partial charge < -0.3 is 14.5 Å². The summed E-state index contributed by atoms with van der Waals surface area (Å²) in [6, 6.07) is 7.81. The fourth-order valence-corrected chi connectivity index (χ4v) is 5.04. The molecule has 31 heavy (non-hydrogen) atoms. The third kappa shape index (κ3) is 3.33. The average molecular weight is 418 g/mol. The first-order valence-corrected chi connectivity index (χ1v) is 10.7. The normalized spacial score (nSPS) is 28.3. The van der Waals surface area contributed by atoms with E-state index < -0.39 is 17.4 Å². The van der Waals surface area contributed by atoms with Crippen LogP contribution in [0.15, 0.2) is 55.0 Å². The summed E-state index contributed by atoms with van der Waals surface area (Å²) in [5.41, 5.74) is 2.26. The van der Waals surface area contributed by atoms with Crippen LogP contribution in [0.1, 0.15) is 23.7 Å². The summed E-state index contributed by atoms with van der Waals surface area (Å²) in [7, 11) is 1.77. The topological polar surface area (TPSA) is 75.6 Å². The van der Waals surface area contributed by atoms with E-state index in [0.29, 0.717) is 19.6 Å². The molecule has 2 bridgehead atoms. The van der Waals surface area contributed by atoms with Gasteiger partial charge in [0.1, 0.15) is 5.60 Å². The molecule has 0 radical (unpaired) electrons. The first kappa shape index (κ1) is 19.9. The first-order chi connectivity index (χ1) is 15.0. The molecule has 5 heterocycles. The molecule has 2 aromatic rings. The van der Waals surface area contributed by atoms with Crippen molar-refractivity contribution in [3.8, 4) is 0 Å². The van der Waals surface area contributed by atoms with Gasteiger partial charge in [0.25, 0.3) is 0 Å². The summed E-state index contributed by atoms with van der Waals surface area (Å²) in [4.78, 5) is 38.8. The summed E-state index contributed by atoms with van der Waals surface area (Å²) in [5.74, 6) is -1.08. The number of ether oxygens (including phenoxy) is 1. The number of carbonyl (C=O) groups is 2. The summed E-state index contributed by atoms with van der Waals surface area (Å²) in [5, 5.41) is 0. The van der Waals surface area contributed by atoms with Crippen molar-refractivity contribution in [2.75, 3.05) is 13.6 Å². The number of amides is 2. The third-order valence-corrected chi connectivity index (χ3v) is 6.63. The van der Waals surface area contributed by atoms with Crippen LogP contribution in [0.4, 0.5) is 0 Å². The van der Waals surface area contributed by atoms with Crippen molar-refractivity contribution in [1.82, 2.24) is 19.8 Å². The molecule has 0 saturated carbocycles. The van der Waals surface area contributed by atoms with E-state index in [1.165, 1.54) is 0 Å². The predicted molar refractivity (Wildman–Crippen MR) is 113 cm³/mol. The molecule has 160 valence electrons. The van der Waals surface area contributed by atoms with Gasteiger partial charge in [0.05, 0.1) is 36.7 Å². The van der Waals surface area contributed by atoms with Crippen molar-refractivity contribution in [2.24, 2.45) is 11.8 Å². The Morgan fingerprint density at radius 1 is 1.29 bits per heavy atom. The molecule has 5 rings (SSSR count). The number of likely N-dealkylation sites (tertiary alicyclic amines) is 1. The number of nitrogens with zero attached hydrogens (tertiary/aromatic N) is 4. The van der Waals surface area contributed by atoms with Crippen LogP contribution >= 0.6 is 0 Å². The Bertz CT molecular complexity index is 1020. The van der Waals surface area contributed by atoms with E-state index >= 15 is 0 Å². The van der Waals surface area contributed by atoms with Crippen LogP contribution in [0.2, 0.25) is 0 Å². The molecular weight excluding hydrogens is 392 g/mol. The minimum Gasteiger partial charge on any atom is -0.360 e. The lowest BCUT2D eigenvalue weighted by Gasteiger charge is -2.27. The minimum absolute atomic E-state index is 0.0205. The van der Waals surface area contributed by atoms with E-state index in [9.17, 15) is 9.59 Å². The monoisotopic (exact) mass is 418 g/mol. The van der Waals surface area contributed by atoms with Crippen molar-refractivity contribution in [2.45, 2.75) is 38.1 Å². The molecule has 7 heteroatoms. The van der Waals surface area contributed by atoms with Gasteiger partial charge in [-0.3, -0.25) is 19.6 Å². The summed E-state index contributed by atoms with van der Waals surface area (Å²) in [6.45, 7) is 3.42. The number of fused-ring (bicyclic) bond motifs is 1. The van der Waals surface area contributed by atoms with E-state index in [1.54, 1.807) is 29.2 Å². The SMILES string of the molecule is CCc1ccc(CN(C)C(=O)[C@@H]2[C@@H]3C=C[C@@]4(CN(Cc5cccnc5)C(=O)[C@H]24)O3)nc1. The molecule has 3 aliphatic rings. The Kier molecular flexibility index (Phi) is 4.85. The predicted octanol–water partition coefficient (Wildman–Crippen LogP) is 1.98. The summed E-state index contributed by atoms with van der Waals surface area (Å²) in [6.07, 6.45) is 9.84. The Hall–Kier alpha value is -3.06. The fourth-order valence-electron chi connectivity index (χ4n) is 5.04. The van der Waals surface area contributed by atoms with Crippen molar-refractivity contribution >= 4 is 11.8 Å². The second kappa shape index (κ2) is 7.57. The van der Waals surface area contributed by atoms with E-state index in [4.69, 9.17) is 4.74 Å². The second-order valence-corrected chi connectivity index (χ2v) is 8.66. The van der Waals surface area contributed by atoms with E-state index in [0.717, 1.165) is 23.2 Å². The van der Waals surface area contributed by atoms with E-state index in [-0.39, 0.29) is 17.9 Å². The highest BCUT2D eigenvalue weighted by Gasteiger charge is 2.67. The van der Waals surface area contributed by atoms with Crippen molar-refractivity contribution in [1.29, 1.82) is 0 Å². The first-order valence-electron chi connectivity index (χ1n) is 10.7. The molecule has 2 aromatic heterocycles. The quantitative estimate of drug-likeness (QED) is 0.671. The molecule has 2 saturated heterocycles. The van der Waals surface area contributed by atoms with Gasteiger partial charge in [-0.1, -0.05) is 31.2 Å². The number of aryl methyl sites for hydroxylation is 1. The van der Waals surface area contributed by atoms with Crippen molar-refractivity contribution in [3.05, 3.63) is 71.8 Å². The van der Waals surface area contributed by atoms with Crippen LogP contribution in [0.3, 0.4) is 0 Å². The largest absolute Gasteiger partial charge is 0.360 e. The van der Waals surface area contributed by atoms with Crippen LogP contribution < -0.4 is 0 Å². The molecule has 2 fully saturated rings. The Morgan fingerprint density at radius 2 is 2.16 bits per heavy atom. The third-order valence-electron chi connectivity index (χ3n) is 6.63. The number of carbonyl (C=O) groups excluding carboxylic acids is 2. The van der Waals surface area contributed by atoms with Crippen molar-refractivity contribution in [3.63, 3.8) is 0 Å². The van der Waals surface area contributed by atoms with Gasteiger partial charge in [-0.25, -0.2) is 0 Å². The molecule has 0 unspecified atom stereocenters. The lowest BCUT2D eigenvalue weighted by atomic mass is 9.76. The number of pyridine rings is 2. The van der Waals surface area contributed by atoms with Gasteiger partial charge >= 0.3 is 0 Å². The maximum atomic E-state index is 13.4. The second-order valence-electron chi connectivity index (χ2n) is 8.66. The van der Waals surface area contributed by atoms with Gasteiger partial charge in [0.15, 0.2) is 0 Å². The van der Waals surface area contributed by atoms with Gasteiger partial charge in [-0.05, 0) is 29.7 Å². The smallest absolute Gasteiger partial charge is 0.230 e. The highest BCUT2D eigenvalue weighted by molar-refractivity contribution is 5.93. The lowest BCUT2D eigenvalue weighted by molar-refractivity contribution is -0.142. The molecule has 0 aliphatic carbocycles. The van der Waals surface area contributed by atoms with Gasteiger partial charge in [0.2, 0.25) is 11.8 Å². The molecule has 4 atom stereocenters.